The monoisotopic (exact) mass is 531 g/mol. The minimum absolute atomic E-state index is 0.344. The number of hydrogen-bond donors (Lipinski definition) is 0. The van der Waals surface area contributed by atoms with E-state index in [1.165, 1.54) is 129 Å². The van der Waals surface area contributed by atoms with Crippen molar-refractivity contribution in [3.63, 3.8) is 0 Å². The highest BCUT2D eigenvalue weighted by molar-refractivity contribution is 5.03. The maximum Gasteiger partial charge on any atom is 0.0125 e. The van der Waals surface area contributed by atoms with Gasteiger partial charge in [0.2, 0.25) is 0 Å². The van der Waals surface area contributed by atoms with E-state index in [9.17, 15) is 0 Å². The van der Waals surface area contributed by atoms with Crippen molar-refractivity contribution in [1.29, 1.82) is 0 Å². The molecule has 2 spiro atoms. The van der Waals surface area contributed by atoms with Crippen LogP contribution in [0.25, 0.3) is 0 Å². The highest BCUT2D eigenvalue weighted by Gasteiger charge is 2.49. The van der Waals surface area contributed by atoms with Gasteiger partial charge in [-0.05, 0) is 175 Å². The number of hydrogen-bond acceptors (Lipinski definition) is 4. The molecule has 0 aromatic heterocycles. The SMILES string of the molecule is CCCN(CCCCCN(CC)C1CC2(CCN(C(C)(C)C)CC2)C1)C1CC2(CCN(C(C)(C)C)CC2)C1. The fourth-order valence-electron chi connectivity index (χ4n) is 8.69. The summed E-state index contributed by atoms with van der Waals surface area (Å²) in [5, 5.41) is 0. The van der Waals surface area contributed by atoms with E-state index in [0.29, 0.717) is 21.9 Å². The van der Waals surface area contributed by atoms with E-state index in [1.54, 1.807) is 0 Å². The van der Waals surface area contributed by atoms with Crippen molar-refractivity contribution < 1.29 is 0 Å². The zero-order valence-corrected chi connectivity index (χ0v) is 27.1. The Bertz CT molecular complexity index is 702. The molecule has 4 aliphatic rings. The van der Waals surface area contributed by atoms with Crippen molar-refractivity contribution >= 4 is 0 Å². The van der Waals surface area contributed by atoms with E-state index in [4.69, 9.17) is 0 Å². The fraction of sp³-hybridized carbons (Fsp3) is 1.00. The zero-order valence-electron chi connectivity index (χ0n) is 27.1. The Morgan fingerprint density at radius 1 is 0.579 bits per heavy atom. The predicted octanol–water partition coefficient (Wildman–Crippen LogP) is 7.28. The number of unbranched alkanes of at least 4 members (excludes halogenated alkanes) is 2. The van der Waals surface area contributed by atoms with Crippen molar-refractivity contribution in [2.45, 2.75) is 156 Å². The Balaban J connectivity index is 1.11. The maximum atomic E-state index is 2.89. The number of rotatable bonds is 11. The van der Waals surface area contributed by atoms with Crippen LogP contribution in [0.2, 0.25) is 0 Å². The molecule has 4 rings (SSSR count). The van der Waals surface area contributed by atoms with Crippen LogP contribution in [0.1, 0.15) is 132 Å². The lowest BCUT2D eigenvalue weighted by molar-refractivity contribution is -0.0589. The number of piperidine rings is 2. The average molecular weight is 531 g/mol. The van der Waals surface area contributed by atoms with Gasteiger partial charge in [-0.25, -0.2) is 0 Å². The third-order valence-electron chi connectivity index (χ3n) is 11.6. The summed E-state index contributed by atoms with van der Waals surface area (Å²) in [5.74, 6) is 0. The van der Waals surface area contributed by atoms with Gasteiger partial charge in [0, 0.05) is 23.2 Å². The van der Waals surface area contributed by atoms with Crippen molar-refractivity contribution in [2.24, 2.45) is 10.8 Å². The molecule has 4 nitrogen and oxygen atoms in total. The molecule has 222 valence electrons. The average Bonchev–Trinajstić information content (AvgIpc) is 2.82. The highest BCUT2D eigenvalue weighted by Crippen LogP contribution is 2.52. The van der Waals surface area contributed by atoms with E-state index in [0.717, 1.165) is 12.1 Å². The molecular formula is C34H66N4. The fourth-order valence-corrected chi connectivity index (χ4v) is 8.69. The molecular weight excluding hydrogens is 464 g/mol. The number of nitrogens with zero attached hydrogens (tertiary/aromatic N) is 4. The van der Waals surface area contributed by atoms with Crippen LogP contribution in [0.4, 0.5) is 0 Å². The molecule has 0 unspecified atom stereocenters. The minimum atomic E-state index is 0.344. The molecule has 0 bridgehead atoms. The number of likely N-dealkylation sites (tertiary alicyclic amines) is 2. The maximum absolute atomic E-state index is 2.89. The second-order valence-corrected chi connectivity index (χ2v) is 16.2. The largest absolute Gasteiger partial charge is 0.301 e. The first-order valence-corrected chi connectivity index (χ1v) is 16.9. The zero-order chi connectivity index (χ0) is 27.6. The molecule has 2 saturated heterocycles. The Morgan fingerprint density at radius 3 is 1.34 bits per heavy atom. The summed E-state index contributed by atoms with van der Waals surface area (Å²) in [7, 11) is 0. The predicted molar refractivity (Wildman–Crippen MR) is 165 cm³/mol. The Kier molecular flexibility index (Phi) is 10.0. The highest BCUT2D eigenvalue weighted by atomic mass is 15.2. The van der Waals surface area contributed by atoms with Crippen LogP contribution in [-0.4, -0.2) is 95.1 Å². The van der Waals surface area contributed by atoms with E-state index >= 15 is 0 Å². The first-order valence-electron chi connectivity index (χ1n) is 16.9. The van der Waals surface area contributed by atoms with Crippen LogP contribution in [-0.2, 0) is 0 Å². The van der Waals surface area contributed by atoms with Crippen molar-refractivity contribution in [3.05, 3.63) is 0 Å². The van der Waals surface area contributed by atoms with Crippen LogP contribution in [0.3, 0.4) is 0 Å². The molecule has 2 aliphatic carbocycles. The van der Waals surface area contributed by atoms with Gasteiger partial charge >= 0.3 is 0 Å². The van der Waals surface area contributed by atoms with Gasteiger partial charge in [-0.1, -0.05) is 20.3 Å². The Hall–Kier alpha value is -0.160. The molecule has 4 heteroatoms. The lowest BCUT2D eigenvalue weighted by Crippen LogP contribution is -2.57. The van der Waals surface area contributed by atoms with E-state index in [-0.39, 0.29) is 0 Å². The minimum Gasteiger partial charge on any atom is -0.301 e. The van der Waals surface area contributed by atoms with Gasteiger partial charge in [-0.15, -0.1) is 0 Å². The van der Waals surface area contributed by atoms with Gasteiger partial charge in [0.25, 0.3) is 0 Å². The van der Waals surface area contributed by atoms with E-state index in [2.05, 4.69) is 75.0 Å². The van der Waals surface area contributed by atoms with Crippen LogP contribution in [0.5, 0.6) is 0 Å². The molecule has 38 heavy (non-hydrogen) atoms. The normalized spacial score (nSPS) is 26.8. The standard InChI is InChI=1S/C34H66N4/c1-9-18-36(30-27-34(28-30)16-23-38(24-17-34)32(6,7)8)20-13-11-12-19-35(10-2)29-25-33(26-29)14-21-37(22-15-33)31(3,4)5/h29-30H,9-28H2,1-8H3. The lowest BCUT2D eigenvalue weighted by atomic mass is 9.59. The molecule has 2 heterocycles. The third-order valence-corrected chi connectivity index (χ3v) is 11.6. The second-order valence-electron chi connectivity index (χ2n) is 16.2. The lowest BCUT2D eigenvalue weighted by Gasteiger charge is -2.57. The van der Waals surface area contributed by atoms with Crippen LogP contribution in [0, 0.1) is 10.8 Å². The first kappa shape index (κ1) is 30.8. The molecule has 0 aromatic carbocycles. The van der Waals surface area contributed by atoms with Gasteiger partial charge < -0.3 is 9.80 Å². The summed E-state index contributed by atoms with van der Waals surface area (Å²) < 4.78 is 0. The molecule has 0 aromatic rings. The summed E-state index contributed by atoms with van der Waals surface area (Å²) in [6.07, 6.45) is 17.1. The van der Waals surface area contributed by atoms with Crippen LogP contribution < -0.4 is 0 Å². The summed E-state index contributed by atoms with van der Waals surface area (Å²) >= 11 is 0. The van der Waals surface area contributed by atoms with E-state index in [1.807, 2.05) is 0 Å². The van der Waals surface area contributed by atoms with Gasteiger partial charge in [0.15, 0.2) is 0 Å². The summed E-state index contributed by atoms with van der Waals surface area (Å²) in [4.78, 5) is 11.2. The molecule has 0 N–H and O–H groups in total. The van der Waals surface area contributed by atoms with Gasteiger partial charge in [-0.3, -0.25) is 9.80 Å². The quantitative estimate of drug-likeness (QED) is 0.260. The molecule has 2 saturated carbocycles. The summed E-state index contributed by atoms with van der Waals surface area (Å²) in [6.45, 7) is 29.6. The van der Waals surface area contributed by atoms with Gasteiger partial charge in [0.1, 0.15) is 0 Å². The second kappa shape index (κ2) is 12.4. The molecule has 2 aliphatic heterocycles. The third kappa shape index (κ3) is 7.37. The molecule has 0 atom stereocenters. The van der Waals surface area contributed by atoms with Crippen LogP contribution in [0.15, 0.2) is 0 Å². The molecule has 4 fully saturated rings. The molecule has 0 amide bonds. The van der Waals surface area contributed by atoms with Gasteiger partial charge in [0.05, 0.1) is 0 Å². The molecule has 0 radical (unpaired) electrons. The van der Waals surface area contributed by atoms with E-state index < -0.39 is 0 Å². The smallest absolute Gasteiger partial charge is 0.0125 e. The van der Waals surface area contributed by atoms with Crippen molar-refractivity contribution in [1.82, 2.24) is 19.6 Å². The summed E-state index contributed by atoms with van der Waals surface area (Å²) in [6, 6.07) is 1.74. The van der Waals surface area contributed by atoms with Crippen molar-refractivity contribution in [3.8, 4) is 0 Å². The Morgan fingerprint density at radius 2 is 0.974 bits per heavy atom. The van der Waals surface area contributed by atoms with Crippen molar-refractivity contribution in [2.75, 3.05) is 52.4 Å². The topological polar surface area (TPSA) is 13.0 Å². The first-order chi connectivity index (χ1) is 17.9. The van der Waals surface area contributed by atoms with Crippen LogP contribution >= 0.6 is 0 Å². The Labute approximate surface area is 238 Å². The van der Waals surface area contributed by atoms with Gasteiger partial charge in [-0.2, -0.15) is 0 Å². The summed E-state index contributed by atoms with van der Waals surface area (Å²) in [5.41, 5.74) is 2.06.